The highest BCUT2D eigenvalue weighted by Gasteiger charge is 2.20. The van der Waals surface area contributed by atoms with Crippen molar-refractivity contribution < 1.29 is 14.8 Å². The average Bonchev–Trinajstić information content (AvgIpc) is 2.76. The van der Waals surface area contributed by atoms with E-state index in [0.717, 1.165) is 23.6 Å². The van der Waals surface area contributed by atoms with Crippen LogP contribution in [0.4, 0.5) is 5.69 Å². The van der Waals surface area contributed by atoms with Gasteiger partial charge in [0.05, 0.1) is 22.4 Å². The maximum absolute atomic E-state index is 12.8. The third kappa shape index (κ3) is 4.06. The predicted octanol–water partition coefficient (Wildman–Crippen LogP) is 4.25. The molecule has 0 saturated heterocycles. The summed E-state index contributed by atoms with van der Waals surface area (Å²) in [7, 11) is 0. The van der Waals surface area contributed by atoms with Gasteiger partial charge in [-0.25, -0.2) is 4.79 Å². The van der Waals surface area contributed by atoms with Crippen molar-refractivity contribution in [3.05, 3.63) is 122 Å². The summed E-state index contributed by atoms with van der Waals surface area (Å²) in [6.07, 6.45) is 0.769. The molecule has 154 valence electrons. The average molecular weight is 414 g/mol. The van der Waals surface area contributed by atoms with Crippen molar-refractivity contribution in [2.45, 2.75) is 13.0 Å². The number of fused-ring (bicyclic) bond motifs is 1. The molecular weight excluding hydrogens is 396 g/mol. The van der Waals surface area contributed by atoms with Crippen LogP contribution in [0.1, 0.15) is 27.0 Å². The molecule has 0 saturated carbocycles. The van der Waals surface area contributed by atoms with Crippen LogP contribution in [0.25, 0.3) is 10.9 Å². The SMILES string of the molecule is O=C(O)c1cc2c([N+](=O)[O-])cccc2n(Cc2ccc(Cc3ccccc3)cc2)c1=O. The van der Waals surface area contributed by atoms with E-state index in [0.29, 0.717) is 5.52 Å². The molecule has 0 bridgehead atoms. The monoisotopic (exact) mass is 414 g/mol. The first-order valence-electron chi connectivity index (χ1n) is 9.60. The van der Waals surface area contributed by atoms with Crippen LogP contribution < -0.4 is 5.56 Å². The highest BCUT2D eigenvalue weighted by atomic mass is 16.6. The van der Waals surface area contributed by atoms with Crippen LogP contribution in [0.3, 0.4) is 0 Å². The molecule has 1 heterocycles. The van der Waals surface area contributed by atoms with Crippen LogP contribution >= 0.6 is 0 Å². The number of hydrogen-bond donors (Lipinski definition) is 1. The molecular formula is C24H18N2O5. The number of nitro groups is 1. The summed E-state index contributed by atoms with van der Waals surface area (Å²) < 4.78 is 1.28. The first-order valence-corrected chi connectivity index (χ1v) is 9.60. The number of benzene rings is 3. The Hall–Kier alpha value is -4.26. The Labute approximate surface area is 177 Å². The first-order chi connectivity index (χ1) is 14.9. The zero-order valence-corrected chi connectivity index (χ0v) is 16.4. The van der Waals surface area contributed by atoms with Gasteiger partial charge < -0.3 is 9.67 Å². The van der Waals surface area contributed by atoms with Gasteiger partial charge in [0.15, 0.2) is 0 Å². The molecule has 0 radical (unpaired) electrons. The number of aromatic nitrogens is 1. The number of carboxylic acids is 1. The van der Waals surface area contributed by atoms with Gasteiger partial charge in [0.25, 0.3) is 11.2 Å². The number of carbonyl (C=O) groups is 1. The summed E-state index contributed by atoms with van der Waals surface area (Å²) in [6, 6.07) is 23.1. The molecule has 7 heteroatoms. The fraction of sp³-hybridized carbons (Fsp3) is 0.0833. The topological polar surface area (TPSA) is 102 Å². The molecule has 0 fully saturated rings. The Kier molecular flexibility index (Phi) is 5.32. The van der Waals surface area contributed by atoms with E-state index in [4.69, 9.17) is 0 Å². The number of carboxylic acid groups (broad SMARTS) is 1. The van der Waals surface area contributed by atoms with Gasteiger partial charge in [-0.3, -0.25) is 14.9 Å². The van der Waals surface area contributed by atoms with Crippen LogP contribution in [0, 0.1) is 10.1 Å². The summed E-state index contributed by atoms with van der Waals surface area (Å²) >= 11 is 0. The Morgan fingerprint density at radius 1 is 0.903 bits per heavy atom. The fourth-order valence-electron chi connectivity index (χ4n) is 3.63. The molecule has 0 unspecified atom stereocenters. The summed E-state index contributed by atoms with van der Waals surface area (Å²) in [6.45, 7) is 0.100. The van der Waals surface area contributed by atoms with E-state index in [9.17, 15) is 24.8 Å². The van der Waals surface area contributed by atoms with Crippen LogP contribution in [0.5, 0.6) is 0 Å². The summed E-state index contributed by atoms with van der Waals surface area (Å²) in [5.74, 6) is -1.42. The van der Waals surface area contributed by atoms with E-state index in [1.165, 1.54) is 22.3 Å². The molecule has 4 aromatic rings. The van der Waals surface area contributed by atoms with Crippen LogP contribution in [-0.2, 0) is 13.0 Å². The summed E-state index contributed by atoms with van der Waals surface area (Å²) in [5.41, 5.74) is 1.94. The van der Waals surface area contributed by atoms with Crippen molar-refractivity contribution in [2.24, 2.45) is 0 Å². The zero-order valence-electron chi connectivity index (χ0n) is 16.4. The van der Waals surface area contributed by atoms with Crippen molar-refractivity contribution >= 4 is 22.6 Å². The van der Waals surface area contributed by atoms with Gasteiger partial charge in [-0.2, -0.15) is 0 Å². The van der Waals surface area contributed by atoms with Gasteiger partial charge in [0.2, 0.25) is 0 Å². The van der Waals surface area contributed by atoms with E-state index in [-0.39, 0.29) is 17.6 Å². The molecule has 0 aliphatic heterocycles. The smallest absolute Gasteiger partial charge is 0.341 e. The molecule has 0 aliphatic rings. The van der Waals surface area contributed by atoms with E-state index >= 15 is 0 Å². The number of rotatable bonds is 6. The fourth-order valence-corrected chi connectivity index (χ4v) is 3.63. The number of pyridine rings is 1. The number of nitrogens with zero attached hydrogens (tertiary/aromatic N) is 2. The van der Waals surface area contributed by atoms with Gasteiger partial charge in [-0.1, -0.05) is 60.7 Å². The van der Waals surface area contributed by atoms with Crippen molar-refractivity contribution in [1.29, 1.82) is 0 Å². The van der Waals surface area contributed by atoms with Crippen molar-refractivity contribution in [2.75, 3.05) is 0 Å². The Morgan fingerprint density at radius 2 is 1.55 bits per heavy atom. The van der Waals surface area contributed by atoms with Gasteiger partial charge in [-0.15, -0.1) is 0 Å². The van der Waals surface area contributed by atoms with Crippen LogP contribution in [0.15, 0.2) is 83.7 Å². The van der Waals surface area contributed by atoms with Crippen LogP contribution in [-0.4, -0.2) is 20.6 Å². The number of non-ortho nitro benzene ring substituents is 1. The molecule has 3 aromatic carbocycles. The standard InChI is InChI=1S/C24H18N2O5/c27-23-20(24(28)29)14-19-21(7-4-8-22(19)26(30)31)25(23)15-18-11-9-17(10-12-18)13-16-5-2-1-3-6-16/h1-12,14H,13,15H2,(H,28,29). The van der Waals surface area contributed by atoms with E-state index < -0.39 is 22.0 Å². The third-order valence-electron chi connectivity index (χ3n) is 5.16. The molecule has 31 heavy (non-hydrogen) atoms. The third-order valence-corrected chi connectivity index (χ3v) is 5.16. The van der Waals surface area contributed by atoms with Crippen molar-refractivity contribution in [3.63, 3.8) is 0 Å². The maximum Gasteiger partial charge on any atom is 0.341 e. The number of hydrogen-bond acceptors (Lipinski definition) is 4. The van der Waals surface area contributed by atoms with Gasteiger partial charge >= 0.3 is 5.97 Å². The second-order valence-electron chi connectivity index (χ2n) is 7.20. The summed E-state index contributed by atoms with van der Waals surface area (Å²) in [4.78, 5) is 35.2. The minimum atomic E-state index is -1.42. The van der Waals surface area contributed by atoms with E-state index in [1.54, 1.807) is 6.07 Å². The lowest BCUT2D eigenvalue weighted by Crippen LogP contribution is -2.27. The minimum Gasteiger partial charge on any atom is -0.477 e. The number of nitro benzene ring substituents is 1. The normalized spacial score (nSPS) is 10.8. The molecule has 7 nitrogen and oxygen atoms in total. The van der Waals surface area contributed by atoms with Gasteiger partial charge in [-0.05, 0) is 35.2 Å². The Bertz CT molecular complexity index is 1340. The Balaban J connectivity index is 1.75. The lowest BCUT2D eigenvalue weighted by molar-refractivity contribution is -0.383. The first kappa shape index (κ1) is 20.0. The second kappa shape index (κ2) is 8.23. The molecule has 0 spiro atoms. The molecule has 1 N–H and O–H groups in total. The van der Waals surface area contributed by atoms with Crippen molar-refractivity contribution in [1.82, 2.24) is 4.57 Å². The minimum absolute atomic E-state index is 0.100. The molecule has 0 amide bonds. The molecule has 0 aliphatic carbocycles. The van der Waals surface area contributed by atoms with Crippen molar-refractivity contribution in [3.8, 4) is 0 Å². The second-order valence-corrected chi connectivity index (χ2v) is 7.20. The zero-order chi connectivity index (χ0) is 22.0. The maximum atomic E-state index is 12.8. The molecule has 0 atom stereocenters. The lowest BCUT2D eigenvalue weighted by Gasteiger charge is -2.12. The highest BCUT2D eigenvalue weighted by molar-refractivity contribution is 5.96. The molecule has 1 aromatic heterocycles. The van der Waals surface area contributed by atoms with E-state index in [1.807, 2.05) is 54.6 Å². The highest BCUT2D eigenvalue weighted by Crippen LogP contribution is 2.26. The molecule has 4 rings (SSSR count). The van der Waals surface area contributed by atoms with Crippen LogP contribution in [0.2, 0.25) is 0 Å². The van der Waals surface area contributed by atoms with Gasteiger partial charge in [0.1, 0.15) is 5.56 Å². The summed E-state index contributed by atoms with van der Waals surface area (Å²) in [5, 5.41) is 21.0. The lowest BCUT2D eigenvalue weighted by atomic mass is 10.0. The van der Waals surface area contributed by atoms with Gasteiger partial charge in [0, 0.05) is 6.07 Å². The largest absolute Gasteiger partial charge is 0.477 e. The number of aromatic carboxylic acids is 1. The van der Waals surface area contributed by atoms with E-state index in [2.05, 4.69) is 0 Å². The predicted molar refractivity (Wildman–Crippen MR) is 117 cm³/mol. The quantitative estimate of drug-likeness (QED) is 0.375. The Morgan fingerprint density at radius 3 is 2.19 bits per heavy atom.